The highest BCUT2D eigenvalue weighted by Crippen LogP contribution is 2.36. The molecule has 11 aromatic rings. The third-order valence-corrected chi connectivity index (χ3v) is 11.0. The topological polar surface area (TPSA) is 56.0 Å². The number of pyridine rings is 2. The lowest BCUT2D eigenvalue weighted by Crippen LogP contribution is -1.96. The maximum absolute atomic E-state index is 5.24. The van der Waals surface area contributed by atoms with E-state index in [0.29, 0.717) is 5.82 Å². The zero-order valence-electron chi connectivity index (χ0n) is 31.9. The monoisotopic (exact) mass is 753 g/mol. The van der Waals surface area contributed by atoms with Crippen LogP contribution >= 0.6 is 0 Å². The first-order valence-electron chi connectivity index (χ1n) is 19.8. The molecule has 0 atom stereocenters. The Morgan fingerprint density at radius 3 is 1.46 bits per heavy atom. The molecule has 0 fully saturated rings. The van der Waals surface area contributed by atoms with Crippen LogP contribution in [-0.2, 0) is 0 Å². The molecule has 0 spiro atoms. The zero-order chi connectivity index (χ0) is 39.1. The molecular formula is C54H35N5. The number of para-hydroxylation sites is 1. The standard InChI is InChI=1S/C54H35N5/c1-3-13-36(14-4-1)38-24-28-40(29-25-38)48-35-49(41-30-26-39(27-31-41)37-15-5-2-6-16-37)57-54(56-48)45-20-12-18-43(34-45)42-17-11-19-44(33-42)51-53-52(46-21-7-8-22-47(46)55-51)58-50-23-9-10-32-59(50)53/h1-35H. The van der Waals surface area contributed by atoms with Crippen molar-refractivity contribution in [2.45, 2.75) is 0 Å². The SMILES string of the molecule is c1ccc(-c2ccc(-c3cc(-c4ccc(-c5ccccc5)cc4)nc(-c4cccc(-c5cccc(-c6nc7ccccc7c7nc8ccccn8c67)c5)c4)n3)cc2)cc1. The summed E-state index contributed by atoms with van der Waals surface area (Å²) in [6.07, 6.45) is 2.07. The molecule has 0 aliphatic heterocycles. The normalized spacial score (nSPS) is 11.4. The number of aromatic nitrogens is 5. The van der Waals surface area contributed by atoms with Gasteiger partial charge in [-0.3, -0.25) is 4.40 Å². The second-order valence-electron chi connectivity index (χ2n) is 14.7. The van der Waals surface area contributed by atoms with E-state index < -0.39 is 0 Å². The van der Waals surface area contributed by atoms with Gasteiger partial charge in [0.2, 0.25) is 0 Å². The second-order valence-corrected chi connectivity index (χ2v) is 14.7. The van der Waals surface area contributed by atoms with Gasteiger partial charge in [0.1, 0.15) is 11.2 Å². The van der Waals surface area contributed by atoms with Crippen molar-refractivity contribution < 1.29 is 0 Å². The first-order valence-corrected chi connectivity index (χ1v) is 19.8. The maximum Gasteiger partial charge on any atom is 0.160 e. The Hall–Kier alpha value is -8.02. The second kappa shape index (κ2) is 14.5. The first-order chi connectivity index (χ1) is 29.2. The summed E-state index contributed by atoms with van der Waals surface area (Å²) in [5, 5.41) is 1.04. The molecule has 0 saturated heterocycles. The summed E-state index contributed by atoms with van der Waals surface area (Å²) in [5.74, 6) is 0.665. The number of nitrogens with zero attached hydrogens (tertiary/aromatic N) is 5. The molecule has 0 aliphatic rings. The lowest BCUT2D eigenvalue weighted by molar-refractivity contribution is 1.18. The number of hydrogen-bond acceptors (Lipinski definition) is 4. The van der Waals surface area contributed by atoms with Crippen LogP contribution in [0.3, 0.4) is 0 Å². The van der Waals surface area contributed by atoms with E-state index in [0.717, 1.165) is 89.2 Å². The Morgan fingerprint density at radius 2 is 0.814 bits per heavy atom. The van der Waals surface area contributed by atoms with Gasteiger partial charge in [-0.2, -0.15) is 0 Å². The Labute approximate surface area is 341 Å². The van der Waals surface area contributed by atoms with Crippen LogP contribution in [0, 0.1) is 0 Å². The molecule has 11 rings (SSSR count). The third-order valence-electron chi connectivity index (χ3n) is 11.0. The third kappa shape index (κ3) is 6.41. The quantitative estimate of drug-likeness (QED) is 0.163. The molecule has 7 aromatic carbocycles. The summed E-state index contributed by atoms with van der Waals surface area (Å²) in [5.41, 5.74) is 17.2. The first kappa shape index (κ1) is 34.2. The summed E-state index contributed by atoms with van der Waals surface area (Å²) >= 11 is 0. The van der Waals surface area contributed by atoms with E-state index in [-0.39, 0.29) is 0 Å². The van der Waals surface area contributed by atoms with E-state index in [1.807, 2.05) is 42.5 Å². The summed E-state index contributed by atoms with van der Waals surface area (Å²) < 4.78 is 2.14. The van der Waals surface area contributed by atoms with Crippen LogP contribution < -0.4 is 0 Å². The van der Waals surface area contributed by atoms with Gasteiger partial charge < -0.3 is 0 Å². The fourth-order valence-corrected chi connectivity index (χ4v) is 8.04. The fraction of sp³-hybridized carbons (Fsp3) is 0. The van der Waals surface area contributed by atoms with E-state index in [9.17, 15) is 0 Å². The van der Waals surface area contributed by atoms with Gasteiger partial charge >= 0.3 is 0 Å². The molecule has 0 N–H and O–H groups in total. The fourth-order valence-electron chi connectivity index (χ4n) is 8.04. The Morgan fingerprint density at radius 1 is 0.322 bits per heavy atom. The van der Waals surface area contributed by atoms with Crippen molar-refractivity contribution in [2.75, 3.05) is 0 Å². The number of benzene rings is 7. The molecule has 59 heavy (non-hydrogen) atoms. The van der Waals surface area contributed by atoms with Gasteiger partial charge in [0, 0.05) is 33.8 Å². The summed E-state index contributed by atoms with van der Waals surface area (Å²) in [7, 11) is 0. The van der Waals surface area contributed by atoms with E-state index in [4.69, 9.17) is 19.9 Å². The summed E-state index contributed by atoms with van der Waals surface area (Å²) in [6, 6.07) is 71.8. The zero-order valence-corrected chi connectivity index (χ0v) is 31.9. The number of fused-ring (bicyclic) bond motifs is 5. The molecular weight excluding hydrogens is 719 g/mol. The van der Waals surface area contributed by atoms with E-state index in [1.54, 1.807) is 0 Å². The predicted octanol–water partition coefficient (Wildman–Crippen LogP) is 13.5. The minimum atomic E-state index is 0.665. The summed E-state index contributed by atoms with van der Waals surface area (Å²) in [4.78, 5) is 20.7. The van der Waals surface area contributed by atoms with Crippen molar-refractivity contribution in [2.24, 2.45) is 0 Å². The minimum Gasteiger partial charge on any atom is -0.298 e. The van der Waals surface area contributed by atoms with Crippen LogP contribution in [0.1, 0.15) is 0 Å². The van der Waals surface area contributed by atoms with Crippen molar-refractivity contribution in [3.05, 3.63) is 212 Å². The van der Waals surface area contributed by atoms with E-state index in [2.05, 4.69) is 174 Å². The molecule has 0 amide bonds. The molecule has 0 unspecified atom stereocenters. The van der Waals surface area contributed by atoms with Crippen molar-refractivity contribution in [3.8, 4) is 78.5 Å². The highest BCUT2D eigenvalue weighted by molar-refractivity contribution is 6.09. The molecule has 5 nitrogen and oxygen atoms in total. The average Bonchev–Trinajstić information content (AvgIpc) is 3.72. The lowest BCUT2D eigenvalue weighted by atomic mass is 9.98. The van der Waals surface area contributed by atoms with Crippen LogP contribution in [0.5, 0.6) is 0 Å². The van der Waals surface area contributed by atoms with Crippen molar-refractivity contribution in [3.63, 3.8) is 0 Å². The van der Waals surface area contributed by atoms with Crippen LogP contribution in [0.25, 0.3) is 106 Å². The van der Waals surface area contributed by atoms with Gasteiger partial charge in [0.25, 0.3) is 0 Å². The van der Waals surface area contributed by atoms with E-state index >= 15 is 0 Å². The van der Waals surface area contributed by atoms with E-state index in [1.165, 1.54) is 11.1 Å². The van der Waals surface area contributed by atoms with Gasteiger partial charge in [-0.15, -0.1) is 0 Å². The maximum atomic E-state index is 5.24. The Balaban J connectivity index is 1.01. The van der Waals surface area contributed by atoms with Gasteiger partial charge in [0.15, 0.2) is 5.82 Å². The predicted molar refractivity (Wildman–Crippen MR) is 242 cm³/mol. The van der Waals surface area contributed by atoms with Crippen LogP contribution in [0.15, 0.2) is 212 Å². The van der Waals surface area contributed by atoms with Gasteiger partial charge in [0.05, 0.1) is 28.1 Å². The summed E-state index contributed by atoms with van der Waals surface area (Å²) in [6.45, 7) is 0. The molecule has 5 heteroatoms. The highest BCUT2D eigenvalue weighted by Gasteiger charge is 2.17. The number of rotatable bonds is 7. The van der Waals surface area contributed by atoms with Crippen LogP contribution in [0.4, 0.5) is 0 Å². The van der Waals surface area contributed by atoms with Gasteiger partial charge in [-0.25, -0.2) is 19.9 Å². The molecule has 4 heterocycles. The molecule has 0 saturated carbocycles. The molecule has 276 valence electrons. The van der Waals surface area contributed by atoms with Crippen molar-refractivity contribution >= 4 is 27.6 Å². The highest BCUT2D eigenvalue weighted by atomic mass is 15.0. The number of hydrogen-bond donors (Lipinski definition) is 0. The van der Waals surface area contributed by atoms with Crippen LogP contribution in [0.2, 0.25) is 0 Å². The van der Waals surface area contributed by atoms with Crippen molar-refractivity contribution in [1.29, 1.82) is 0 Å². The molecule has 0 aliphatic carbocycles. The van der Waals surface area contributed by atoms with Gasteiger partial charge in [-0.05, 0) is 69.8 Å². The lowest BCUT2D eigenvalue weighted by Gasteiger charge is -2.12. The molecule has 4 aromatic heterocycles. The molecule has 0 bridgehead atoms. The largest absolute Gasteiger partial charge is 0.298 e. The number of imidazole rings is 1. The smallest absolute Gasteiger partial charge is 0.160 e. The van der Waals surface area contributed by atoms with Gasteiger partial charge in [-0.1, -0.05) is 170 Å². The van der Waals surface area contributed by atoms with Crippen molar-refractivity contribution in [1.82, 2.24) is 24.3 Å². The average molecular weight is 754 g/mol. The molecule has 0 radical (unpaired) electrons. The Kier molecular flexibility index (Phi) is 8.41. The van der Waals surface area contributed by atoms with Crippen LogP contribution in [-0.4, -0.2) is 24.3 Å². The Bertz CT molecular complexity index is 3200. The minimum absolute atomic E-state index is 0.665.